The number of nitrogens with zero attached hydrogens (tertiary/aromatic N) is 7. The molecule has 3 N–H and O–H groups in total. The number of hydrogen-bond acceptors (Lipinski definition) is 13. The maximum absolute atomic E-state index is 15.1. The Morgan fingerprint density at radius 1 is 1.08 bits per heavy atom. The number of rotatable bonds is 11. The molecule has 0 bridgehead atoms. The van der Waals surface area contributed by atoms with Crippen LogP contribution in [0.25, 0.3) is 11.4 Å². The molecule has 4 aliphatic heterocycles. The van der Waals surface area contributed by atoms with Crippen LogP contribution in [0.1, 0.15) is 18.4 Å². The predicted molar refractivity (Wildman–Crippen MR) is 177 cm³/mol. The molecule has 254 valence electrons. The van der Waals surface area contributed by atoms with Gasteiger partial charge in [0.2, 0.25) is 5.95 Å². The summed E-state index contributed by atoms with van der Waals surface area (Å²) in [7, 11) is 0. The van der Waals surface area contributed by atoms with Crippen LogP contribution in [0, 0.1) is 11.3 Å². The Labute approximate surface area is 279 Å². The van der Waals surface area contributed by atoms with E-state index in [-0.39, 0.29) is 24.3 Å². The van der Waals surface area contributed by atoms with Crippen LogP contribution in [0.4, 0.5) is 21.7 Å². The number of anilines is 3. The molecule has 4 aliphatic rings. The summed E-state index contributed by atoms with van der Waals surface area (Å²) in [5.41, 5.74) is 2.94. The molecule has 4 atom stereocenters. The molecule has 0 saturated carbocycles. The molecule has 13 nitrogen and oxygen atoms in total. The van der Waals surface area contributed by atoms with Crippen molar-refractivity contribution >= 4 is 17.3 Å². The van der Waals surface area contributed by atoms with Crippen molar-refractivity contribution in [1.29, 1.82) is 5.26 Å². The van der Waals surface area contributed by atoms with E-state index in [1.54, 1.807) is 18.2 Å². The monoisotopic (exact) mass is 659 g/mol. The molecule has 48 heavy (non-hydrogen) atoms. The standard InChI is InChI=1S/C34H42FN9O4/c35-30-17-42(22-47-18-26-14-29(45)16-37-26)8-7-32(30)48-31-6-1-23(13-24(31)15-36)33-38-21-39-34(41-33)40-25-2-4-27(5-3-25)43-9-11-44(12-10-43)28-19-46-20-28/h1-6,13,21,26,28-30,32,37,45H,7-12,14,16-20,22H2,(H,38,39,40,41)/t26?,29-,30-,32+/m1/s1. The number of halogens is 1. The first-order valence-electron chi connectivity index (χ1n) is 16.7. The van der Waals surface area contributed by atoms with Crippen molar-refractivity contribution < 1.29 is 23.7 Å². The number of nitrogens with one attached hydrogen (secondary N) is 2. The SMILES string of the molecule is N#Cc1cc(-c2ncnc(Nc3ccc(N4CCN(C5COC5)CC4)cc3)n2)ccc1O[C@H]1CCN(COCC2C[C@@H](O)CN2)C[C@H]1F. The van der Waals surface area contributed by atoms with Gasteiger partial charge in [0, 0.05) is 75.2 Å². The molecule has 0 aliphatic carbocycles. The molecule has 4 fully saturated rings. The summed E-state index contributed by atoms with van der Waals surface area (Å²) in [6.07, 6.45) is 0.327. The van der Waals surface area contributed by atoms with Crippen molar-refractivity contribution in [1.82, 2.24) is 30.1 Å². The Bertz CT molecular complexity index is 1560. The maximum atomic E-state index is 15.1. The Morgan fingerprint density at radius 3 is 2.62 bits per heavy atom. The van der Waals surface area contributed by atoms with E-state index in [2.05, 4.69) is 53.6 Å². The third kappa shape index (κ3) is 7.84. The minimum Gasteiger partial charge on any atom is -0.486 e. The second kappa shape index (κ2) is 15.1. The van der Waals surface area contributed by atoms with Gasteiger partial charge in [0.05, 0.1) is 44.3 Å². The molecule has 0 amide bonds. The summed E-state index contributed by atoms with van der Waals surface area (Å²) in [5, 5.41) is 26.0. The molecule has 3 aromatic rings. The Hall–Kier alpha value is -3.97. The quantitative estimate of drug-likeness (QED) is 0.277. The van der Waals surface area contributed by atoms with Crippen molar-refractivity contribution in [3.05, 3.63) is 54.4 Å². The van der Waals surface area contributed by atoms with Crippen LogP contribution >= 0.6 is 0 Å². The highest BCUT2D eigenvalue weighted by atomic mass is 19.1. The van der Waals surface area contributed by atoms with E-state index in [0.717, 1.165) is 45.1 Å². The number of piperazine rings is 1. The highest BCUT2D eigenvalue weighted by molar-refractivity contribution is 5.64. The van der Waals surface area contributed by atoms with Crippen LogP contribution in [0.15, 0.2) is 48.8 Å². The first-order valence-corrected chi connectivity index (χ1v) is 16.7. The second-order valence-electron chi connectivity index (χ2n) is 12.9. The number of nitriles is 1. The number of alkyl halides is 1. The largest absolute Gasteiger partial charge is 0.486 e. The van der Waals surface area contributed by atoms with Crippen LogP contribution in [0.5, 0.6) is 5.75 Å². The maximum Gasteiger partial charge on any atom is 0.230 e. The number of likely N-dealkylation sites (tertiary alicyclic amines) is 1. The molecule has 1 unspecified atom stereocenters. The zero-order valence-electron chi connectivity index (χ0n) is 26.9. The second-order valence-corrected chi connectivity index (χ2v) is 12.9. The number of ether oxygens (including phenoxy) is 3. The molecule has 4 saturated heterocycles. The van der Waals surface area contributed by atoms with E-state index < -0.39 is 12.3 Å². The first-order chi connectivity index (χ1) is 23.5. The van der Waals surface area contributed by atoms with Crippen LogP contribution in [-0.4, -0.2) is 133 Å². The lowest BCUT2D eigenvalue weighted by atomic mass is 10.1. The van der Waals surface area contributed by atoms with E-state index in [9.17, 15) is 10.4 Å². The number of hydrogen-bond donors (Lipinski definition) is 3. The van der Waals surface area contributed by atoms with E-state index >= 15 is 4.39 Å². The number of piperidine rings is 1. The fraction of sp³-hybridized carbons (Fsp3) is 0.529. The first kappa shape index (κ1) is 32.6. The molecular formula is C34H42FN9O4. The average Bonchev–Trinajstić information content (AvgIpc) is 3.50. The third-order valence-corrected chi connectivity index (χ3v) is 9.51. The Morgan fingerprint density at radius 2 is 1.92 bits per heavy atom. The fourth-order valence-corrected chi connectivity index (χ4v) is 6.63. The summed E-state index contributed by atoms with van der Waals surface area (Å²) in [4.78, 5) is 20.0. The number of aliphatic hydroxyl groups excluding tert-OH is 1. The highest BCUT2D eigenvalue weighted by Gasteiger charge is 2.32. The number of benzene rings is 2. The van der Waals surface area contributed by atoms with Crippen molar-refractivity contribution in [2.45, 2.75) is 43.3 Å². The van der Waals surface area contributed by atoms with E-state index in [1.807, 2.05) is 17.0 Å². The van der Waals surface area contributed by atoms with Gasteiger partial charge in [0.15, 0.2) is 5.82 Å². The smallest absolute Gasteiger partial charge is 0.230 e. The third-order valence-electron chi connectivity index (χ3n) is 9.51. The van der Waals surface area contributed by atoms with Gasteiger partial charge in [-0.2, -0.15) is 10.2 Å². The van der Waals surface area contributed by atoms with Crippen LogP contribution in [0.2, 0.25) is 0 Å². The van der Waals surface area contributed by atoms with E-state index in [1.165, 1.54) is 12.0 Å². The van der Waals surface area contributed by atoms with Gasteiger partial charge in [-0.1, -0.05) is 0 Å². The Kier molecular flexibility index (Phi) is 10.2. The topological polar surface area (TPSA) is 144 Å². The van der Waals surface area contributed by atoms with E-state index in [4.69, 9.17) is 14.2 Å². The van der Waals surface area contributed by atoms with Crippen molar-refractivity contribution in [3.63, 3.8) is 0 Å². The van der Waals surface area contributed by atoms with Gasteiger partial charge in [-0.05, 0) is 48.9 Å². The zero-order valence-corrected chi connectivity index (χ0v) is 26.9. The van der Waals surface area contributed by atoms with Gasteiger partial charge in [-0.25, -0.2) is 14.4 Å². The van der Waals surface area contributed by atoms with Gasteiger partial charge < -0.3 is 34.9 Å². The summed E-state index contributed by atoms with van der Waals surface area (Å²) < 4.78 is 32.3. The van der Waals surface area contributed by atoms with Crippen molar-refractivity contribution in [2.24, 2.45) is 0 Å². The van der Waals surface area contributed by atoms with E-state index in [0.29, 0.717) is 68.4 Å². The van der Waals surface area contributed by atoms with Crippen molar-refractivity contribution in [3.8, 4) is 23.2 Å². The summed E-state index contributed by atoms with van der Waals surface area (Å²) in [6, 6.07) is 16.2. The summed E-state index contributed by atoms with van der Waals surface area (Å²) in [5.74, 6) is 1.12. The van der Waals surface area contributed by atoms with Crippen LogP contribution in [0.3, 0.4) is 0 Å². The van der Waals surface area contributed by atoms with Crippen molar-refractivity contribution in [2.75, 3.05) is 82.6 Å². The molecule has 7 rings (SSSR count). The average molecular weight is 660 g/mol. The van der Waals surface area contributed by atoms with Crippen LogP contribution in [-0.2, 0) is 9.47 Å². The lowest BCUT2D eigenvalue weighted by Gasteiger charge is -2.43. The van der Waals surface area contributed by atoms with Gasteiger partial charge in [-0.3, -0.25) is 9.80 Å². The number of aromatic nitrogens is 3. The fourth-order valence-electron chi connectivity index (χ4n) is 6.63. The van der Waals surface area contributed by atoms with Gasteiger partial charge >= 0.3 is 0 Å². The lowest BCUT2D eigenvalue weighted by molar-refractivity contribution is -0.0660. The molecule has 5 heterocycles. The van der Waals surface area contributed by atoms with Gasteiger partial charge in [0.1, 0.15) is 30.4 Å². The number of aliphatic hydroxyl groups is 1. The van der Waals surface area contributed by atoms with Crippen LogP contribution < -0.4 is 20.3 Å². The summed E-state index contributed by atoms with van der Waals surface area (Å²) >= 11 is 0. The predicted octanol–water partition coefficient (Wildman–Crippen LogP) is 2.16. The minimum absolute atomic E-state index is 0.122. The van der Waals surface area contributed by atoms with Gasteiger partial charge in [-0.15, -0.1) is 0 Å². The minimum atomic E-state index is -1.23. The molecule has 14 heteroatoms. The lowest BCUT2D eigenvalue weighted by Crippen LogP contribution is -2.56. The Balaban J connectivity index is 0.916. The zero-order chi connectivity index (χ0) is 32.9. The number of β-amino-alcohol motifs (C(OH)–C–C–N with tert-alkyl or cyclic N) is 1. The normalized spacial score (nSPS) is 25.4. The van der Waals surface area contributed by atoms with Gasteiger partial charge in [0.25, 0.3) is 0 Å². The molecule has 2 aromatic carbocycles. The molecule has 0 spiro atoms. The molecular weight excluding hydrogens is 617 g/mol. The molecule has 0 radical (unpaired) electrons. The highest BCUT2D eigenvalue weighted by Crippen LogP contribution is 2.29. The summed E-state index contributed by atoms with van der Waals surface area (Å²) in [6.45, 7) is 7.94. The molecule has 1 aromatic heterocycles.